The molecule has 0 N–H and O–H groups in total. The molecular weight excluding hydrogens is 681 g/mol. The van der Waals surface area contributed by atoms with Crippen molar-refractivity contribution in [1.29, 1.82) is 0 Å². The molecule has 1 aliphatic carbocycles. The van der Waals surface area contributed by atoms with Crippen LogP contribution in [0.3, 0.4) is 0 Å². The third-order valence-corrected chi connectivity index (χ3v) is 11.7. The molecule has 11 rings (SSSR count). The molecule has 2 heterocycles. The van der Waals surface area contributed by atoms with Crippen molar-refractivity contribution in [3.8, 4) is 67.3 Å². The second-order valence-corrected chi connectivity index (χ2v) is 15.4. The van der Waals surface area contributed by atoms with Gasteiger partial charge in [0.25, 0.3) is 0 Å². The molecule has 2 aromatic heterocycles. The summed E-state index contributed by atoms with van der Waals surface area (Å²) >= 11 is 0. The normalized spacial score (nSPS) is 13.0. The minimum absolute atomic E-state index is 0.132. The van der Waals surface area contributed by atoms with Crippen molar-refractivity contribution in [3.63, 3.8) is 0 Å². The Bertz CT molecular complexity index is 3170. The number of hydrogen-bond acceptors (Lipinski definition) is 3. The Kier molecular flexibility index (Phi) is 7.20. The molecule has 56 heavy (non-hydrogen) atoms. The summed E-state index contributed by atoms with van der Waals surface area (Å²) in [6.07, 6.45) is 0. The summed E-state index contributed by atoms with van der Waals surface area (Å²) in [5, 5.41) is 4.50. The largest absolute Gasteiger partial charge is 0.455 e. The quantitative estimate of drug-likeness (QED) is 0.178. The molecule has 10 aromatic rings. The average Bonchev–Trinajstić information content (AvgIpc) is 3.75. The summed E-state index contributed by atoms with van der Waals surface area (Å²) in [7, 11) is 0. The minimum Gasteiger partial charge on any atom is -0.455 e. The summed E-state index contributed by atoms with van der Waals surface area (Å²) in [5.74, 6) is 0.698. The number of fused-ring (bicyclic) bond motifs is 7. The maximum absolute atomic E-state index is 6.57. The van der Waals surface area contributed by atoms with E-state index in [9.17, 15) is 0 Å². The molecule has 0 aliphatic heterocycles. The van der Waals surface area contributed by atoms with Crippen LogP contribution in [-0.2, 0) is 5.41 Å². The predicted octanol–water partition coefficient (Wildman–Crippen LogP) is 14.2. The average molecular weight is 717 g/mol. The van der Waals surface area contributed by atoms with Gasteiger partial charge in [0.1, 0.15) is 11.2 Å². The van der Waals surface area contributed by atoms with Crippen molar-refractivity contribution < 1.29 is 4.42 Å². The van der Waals surface area contributed by atoms with Gasteiger partial charge in [-0.2, -0.15) is 0 Å². The van der Waals surface area contributed by atoms with Crippen LogP contribution >= 0.6 is 0 Å². The van der Waals surface area contributed by atoms with Gasteiger partial charge in [-0.15, -0.1) is 0 Å². The Morgan fingerprint density at radius 1 is 0.393 bits per heavy atom. The molecule has 0 fully saturated rings. The van der Waals surface area contributed by atoms with Crippen LogP contribution < -0.4 is 0 Å². The number of benzene rings is 8. The van der Waals surface area contributed by atoms with Gasteiger partial charge >= 0.3 is 0 Å². The molecule has 0 bridgehead atoms. The van der Waals surface area contributed by atoms with E-state index in [-0.39, 0.29) is 5.41 Å². The van der Waals surface area contributed by atoms with Crippen LogP contribution in [0.15, 0.2) is 186 Å². The number of aromatic nitrogens is 2. The lowest BCUT2D eigenvalue weighted by Gasteiger charge is -2.22. The lowest BCUT2D eigenvalue weighted by molar-refractivity contribution is 0.660. The van der Waals surface area contributed by atoms with Crippen LogP contribution in [0.25, 0.3) is 100.0 Å². The fourth-order valence-electron chi connectivity index (χ4n) is 8.85. The molecule has 3 heteroatoms. The van der Waals surface area contributed by atoms with Crippen molar-refractivity contribution in [3.05, 3.63) is 193 Å². The first kappa shape index (κ1) is 32.3. The maximum atomic E-state index is 6.57. The fraction of sp³-hybridized carbons (Fsp3) is 0.0566. The van der Waals surface area contributed by atoms with Gasteiger partial charge in [-0.05, 0) is 86.1 Å². The molecule has 3 nitrogen and oxygen atoms in total. The van der Waals surface area contributed by atoms with Gasteiger partial charge < -0.3 is 4.42 Å². The van der Waals surface area contributed by atoms with E-state index in [0.29, 0.717) is 5.82 Å². The highest BCUT2D eigenvalue weighted by atomic mass is 16.3. The van der Waals surface area contributed by atoms with Gasteiger partial charge in [-0.25, -0.2) is 9.97 Å². The molecule has 0 radical (unpaired) electrons. The molecule has 264 valence electrons. The van der Waals surface area contributed by atoms with E-state index in [1.165, 1.54) is 22.3 Å². The van der Waals surface area contributed by atoms with E-state index in [0.717, 1.165) is 83.0 Å². The number of rotatable bonds is 5. The Morgan fingerprint density at radius 3 is 1.91 bits per heavy atom. The van der Waals surface area contributed by atoms with Gasteiger partial charge in [0.2, 0.25) is 0 Å². The first-order valence-corrected chi connectivity index (χ1v) is 19.2. The Balaban J connectivity index is 1.16. The third kappa shape index (κ3) is 5.12. The number of nitrogens with zero attached hydrogens (tertiary/aromatic N) is 2. The van der Waals surface area contributed by atoms with Crippen molar-refractivity contribution in [1.82, 2.24) is 9.97 Å². The van der Waals surface area contributed by atoms with E-state index in [1.54, 1.807) is 0 Å². The summed E-state index contributed by atoms with van der Waals surface area (Å²) in [6, 6.07) is 64.8. The maximum Gasteiger partial charge on any atom is 0.161 e. The third-order valence-electron chi connectivity index (χ3n) is 11.7. The monoisotopic (exact) mass is 716 g/mol. The zero-order chi connectivity index (χ0) is 37.4. The molecular formula is C53H36N2O. The van der Waals surface area contributed by atoms with E-state index in [2.05, 4.69) is 184 Å². The standard InChI is InChI=1S/C53H36N2O/c1-53(2)46-24-10-8-19-41(46)42-27-26-35(31-47(42)53)48-32-49(55-52(54-48)45-23-12-17-34-16-6-7-18-39(34)45)38-29-36(33-14-4-3-5-15-33)28-37(30-38)40-21-13-22-44-43-20-9-11-25-50(43)56-51(40)44/h3-32H,1-2H3. The molecule has 8 aromatic carbocycles. The highest BCUT2D eigenvalue weighted by Crippen LogP contribution is 2.50. The molecule has 1 aliphatic rings. The molecule has 0 unspecified atom stereocenters. The van der Waals surface area contributed by atoms with E-state index >= 15 is 0 Å². The van der Waals surface area contributed by atoms with Gasteiger partial charge in [0, 0.05) is 38.4 Å². The van der Waals surface area contributed by atoms with Crippen molar-refractivity contribution in [2.75, 3.05) is 0 Å². The van der Waals surface area contributed by atoms with Gasteiger partial charge in [-0.1, -0.05) is 159 Å². The number of hydrogen-bond donors (Lipinski definition) is 0. The van der Waals surface area contributed by atoms with Crippen LogP contribution in [0.5, 0.6) is 0 Å². The van der Waals surface area contributed by atoms with Crippen LogP contribution in [0.1, 0.15) is 25.0 Å². The van der Waals surface area contributed by atoms with Gasteiger partial charge in [0.15, 0.2) is 5.82 Å². The van der Waals surface area contributed by atoms with Crippen molar-refractivity contribution in [2.24, 2.45) is 0 Å². The van der Waals surface area contributed by atoms with E-state index in [1.807, 2.05) is 12.1 Å². The lowest BCUT2D eigenvalue weighted by Crippen LogP contribution is -2.14. The molecule has 0 spiro atoms. The topological polar surface area (TPSA) is 38.9 Å². The number of para-hydroxylation sites is 2. The van der Waals surface area contributed by atoms with Crippen molar-refractivity contribution in [2.45, 2.75) is 19.3 Å². The van der Waals surface area contributed by atoms with Crippen molar-refractivity contribution >= 4 is 32.7 Å². The second kappa shape index (κ2) is 12.5. The second-order valence-electron chi connectivity index (χ2n) is 15.4. The molecule has 0 saturated heterocycles. The minimum atomic E-state index is -0.132. The van der Waals surface area contributed by atoms with Crippen LogP contribution in [-0.4, -0.2) is 9.97 Å². The number of furan rings is 1. The van der Waals surface area contributed by atoms with Crippen LogP contribution in [0.2, 0.25) is 0 Å². The highest BCUT2D eigenvalue weighted by Gasteiger charge is 2.35. The summed E-state index contributed by atoms with van der Waals surface area (Å²) in [6.45, 7) is 4.65. The Labute approximate surface area is 325 Å². The zero-order valence-electron chi connectivity index (χ0n) is 31.1. The van der Waals surface area contributed by atoms with Crippen LogP contribution in [0.4, 0.5) is 0 Å². The predicted molar refractivity (Wildman–Crippen MR) is 232 cm³/mol. The molecule has 0 atom stereocenters. The fourth-order valence-corrected chi connectivity index (χ4v) is 8.85. The summed E-state index contributed by atoms with van der Waals surface area (Å²) in [5.41, 5.74) is 16.1. The summed E-state index contributed by atoms with van der Waals surface area (Å²) in [4.78, 5) is 10.8. The lowest BCUT2D eigenvalue weighted by atomic mass is 9.82. The first-order chi connectivity index (χ1) is 27.5. The Morgan fingerprint density at radius 2 is 1.02 bits per heavy atom. The molecule has 0 amide bonds. The van der Waals surface area contributed by atoms with Crippen LogP contribution in [0, 0.1) is 0 Å². The van der Waals surface area contributed by atoms with E-state index in [4.69, 9.17) is 14.4 Å². The highest BCUT2D eigenvalue weighted by molar-refractivity contribution is 6.10. The Hall–Kier alpha value is -7.10. The SMILES string of the molecule is CC1(C)c2ccccc2-c2ccc(-c3cc(-c4cc(-c5ccccc5)cc(-c5cccc6c5oc5ccccc56)c4)nc(-c4cccc5ccccc45)n3)cc21. The summed E-state index contributed by atoms with van der Waals surface area (Å²) < 4.78 is 6.57. The smallest absolute Gasteiger partial charge is 0.161 e. The van der Waals surface area contributed by atoms with Gasteiger partial charge in [-0.3, -0.25) is 0 Å². The zero-order valence-corrected chi connectivity index (χ0v) is 31.1. The van der Waals surface area contributed by atoms with Gasteiger partial charge in [0.05, 0.1) is 11.4 Å². The van der Waals surface area contributed by atoms with E-state index < -0.39 is 0 Å². The molecule has 0 saturated carbocycles. The first-order valence-electron chi connectivity index (χ1n) is 19.2.